The first kappa shape index (κ1) is 15.8. The van der Waals surface area contributed by atoms with Gasteiger partial charge in [0, 0.05) is 18.5 Å². The average molecular weight is 291 g/mol. The lowest BCUT2D eigenvalue weighted by atomic mass is 10.2. The minimum atomic E-state index is -0.184. The van der Waals surface area contributed by atoms with Gasteiger partial charge in [0.2, 0.25) is 0 Å². The second kappa shape index (κ2) is 8.03. The Kier molecular flexibility index (Phi) is 6.05. The van der Waals surface area contributed by atoms with Crippen LogP contribution in [0.2, 0.25) is 0 Å². The van der Waals surface area contributed by atoms with Crippen LogP contribution in [0, 0.1) is 0 Å². The number of esters is 1. The lowest BCUT2D eigenvalue weighted by Crippen LogP contribution is -2.19. The fourth-order valence-corrected chi connectivity index (χ4v) is 2.44. The molecule has 4 heteroatoms. The smallest absolute Gasteiger partial charge is 0.311 e. The van der Waals surface area contributed by atoms with Gasteiger partial charge < -0.3 is 14.5 Å². The molecule has 1 unspecified atom stereocenters. The fourth-order valence-electron chi connectivity index (χ4n) is 2.44. The lowest BCUT2D eigenvalue weighted by Gasteiger charge is -2.02. The average Bonchev–Trinajstić information content (AvgIpc) is 3.22. The number of carbonyl (C=O) groups is 1. The van der Waals surface area contributed by atoms with Crippen molar-refractivity contribution in [1.82, 2.24) is 5.32 Å². The van der Waals surface area contributed by atoms with Gasteiger partial charge in [0.15, 0.2) is 11.3 Å². The van der Waals surface area contributed by atoms with Crippen LogP contribution in [0.4, 0.5) is 0 Å². The first-order valence-corrected chi connectivity index (χ1v) is 7.99. The summed E-state index contributed by atoms with van der Waals surface area (Å²) in [6.07, 6.45) is 6.43. The number of carbonyl (C=O) groups excluding carboxylic acids is 1. The van der Waals surface area contributed by atoms with E-state index in [-0.39, 0.29) is 5.97 Å². The molecule has 0 aliphatic carbocycles. The molecule has 1 aliphatic rings. The van der Waals surface area contributed by atoms with Crippen LogP contribution < -0.4 is 10.1 Å². The highest BCUT2D eigenvalue weighted by molar-refractivity contribution is 5.78. The lowest BCUT2D eigenvalue weighted by molar-refractivity contribution is -0.134. The molecule has 21 heavy (non-hydrogen) atoms. The number of furan rings is 2. The van der Waals surface area contributed by atoms with Gasteiger partial charge in [-0.2, -0.15) is 0 Å². The molecular formula is C17H25NO3. The maximum Gasteiger partial charge on any atom is 0.311 e. The molecule has 3 rings (SSSR count). The summed E-state index contributed by atoms with van der Waals surface area (Å²) in [5.74, 6) is 0.361. The molecule has 116 valence electrons. The van der Waals surface area contributed by atoms with Crippen LogP contribution in [0.5, 0.6) is 5.75 Å². The van der Waals surface area contributed by atoms with Crippen molar-refractivity contribution in [2.45, 2.75) is 58.4 Å². The number of hydrogen-bond acceptors (Lipinski definition) is 4. The van der Waals surface area contributed by atoms with Crippen LogP contribution in [-0.4, -0.2) is 18.6 Å². The van der Waals surface area contributed by atoms with Crippen molar-refractivity contribution in [3.05, 3.63) is 18.2 Å². The molecule has 0 aromatic carbocycles. The molecule has 1 N–H and O–H groups in total. The van der Waals surface area contributed by atoms with Gasteiger partial charge in [0.25, 0.3) is 0 Å². The minimum Gasteiger partial charge on any atom is -0.453 e. The van der Waals surface area contributed by atoms with Gasteiger partial charge in [-0.15, -0.1) is 0 Å². The van der Waals surface area contributed by atoms with E-state index in [2.05, 4.69) is 12.2 Å². The molecular weight excluding hydrogens is 266 g/mol. The van der Waals surface area contributed by atoms with Crippen molar-refractivity contribution >= 4 is 17.1 Å². The zero-order valence-electron chi connectivity index (χ0n) is 13.0. The van der Waals surface area contributed by atoms with Crippen molar-refractivity contribution in [3.63, 3.8) is 0 Å². The van der Waals surface area contributed by atoms with E-state index in [1.54, 1.807) is 12.1 Å². The standard InChI is InChI=1S/C11H12O3.C6H13N/c1-2-3-4-11(12)14-10-7-8-5-6-9(10)13-8;1-2-6-4-3-5-7-6/h5-7H,2-4H2,1H3;6-7H,2-5H2,1H3. The molecule has 0 spiro atoms. The Bertz CT molecular complexity index is 528. The minimum absolute atomic E-state index is 0.184. The van der Waals surface area contributed by atoms with Crippen LogP contribution in [0.3, 0.4) is 0 Å². The maximum absolute atomic E-state index is 11.3. The van der Waals surface area contributed by atoms with E-state index in [1.807, 2.05) is 13.0 Å². The van der Waals surface area contributed by atoms with Gasteiger partial charge in [-0.25, -0.2) is 0 Å². The van der Waals surface area contributed by atoms with Gasteiger partial charge in [0.1, 0.15) is 5.58 Å². The third-order valence-electron chi connectivity index (χ3n) is 3.76. The Morgan fingerprint density at radius 1 is 1.43 bits per heavy atom. The second-order valence-electron chi connectivity index (χ2n) is 5.49. The van der Waals surface area contributed by atoms with Crippen LogP contribution in [0.15, 0.2) is 22.6 Å². The van der Waals surface area contributed by atoms with E-state index in [0.717, 1.165) is 24.5 Å². The Hall–Kier alpha value is -1.55. The molecule has 0 radical (unpaired) electrons. The van der Waals surface area contributed by atoms with Crippen LogP contribution >= 0.6 is 0 Å². The van der Waals surface area contributed by atoms with Crippen LogP contribution in [0.25, 0.3) is 11.2 Å². The molecule has 0 amide bonds. The summed E-state index contributed by atoms with van der Waals surface area (Å²) >= 11 is 0. The summed E-state index contributed by atoms with van der Waals surface area (Å²) < 4.78 is 10.4. The summed E-state index contributed by atoms with van der Waals surface area (Å²) in [6.45, 7) is 5.53. The quantitative estimate of drug-likeness (QED) is 0.665. The SMILES string of the molecule is CCC1CCCN1.CCCCC(=O)Oc1cc2ccc1o2. The Labute approximate surface area is 126 Å². The second-order valence-corrected chi connectivity index (χ2v) is 5.49. The molecule has 2 bridgehead atoms. The third-order valence-corrected chi connectivity index (χ3v) is 3.76. The summed E-state index contributed by atoms with van der Waals surface area (Å²) in [4.78, 5) is 11.3. The highest BCUT2D eigenvalue weighted by Crippen LogP contribution is 2.29. The van der Waals surface area contributed by atoms with Gasteiger partial charge in [-0.05, 0) is 44.4 Å². The summed E-state index contributed by atoms with van der Waals surface area (Å²) in [5.41, 5.74) is 1.39. The van der Waals surface area contributed by atoms with Crippen molar-refractivity contribution < 1.29 is 13.9 Å². The number of fused-ring (bicyclic) bond motifs is 2. The molecule has 3 heterocycles. The van der Waals surface area contributed by atoms with E-state index in [4.69, 9.17) is 9.15 Å². The molecule has 1 fully saturated rings. The van der Waals surface area contributed by atoms with E-state index >= 15 is 0 Å². The highest BCUT2D eigenvalue weighted by atomic mass is 16.5. The third kappa shape index (κ3) is 4.74. The number of hydrogen-bond donors (Lipinski definition) is 1. The molecule has 1 saturated heterocycles. The Morgan fingerprint density at radius 3 is 2.76 bits per heavy atom. The summed E-state index contributed by atoms with van der Waals surface area (Å²) in [5, 5.41) is 3.41. The number of nitrogens with one attached hydrogen (secondary N) is 1. The van der Waals surface area contributed by atoms with Crippen molar-refractivity contribution in [3.8, 4) is 5.75 Å². The first-order chi connectivity index (χ1) is 10.2. The molecule has 2 aromatic heterocycles. The summed E-state index contributed by atoms with van der Waals surface area (Å²) in [7, 11) is 0. The topological polar surface area (TPSA) is 51.5 Å². The normalized spacial score (nSPS) is 17.7. The monoisotopic (exact) mass is 291 g/mol. The van der Waals surface area contributed by atoms with Gasteiger partial charge in [0.05, 0.1) is 0 Å². The zero-order chi connectivity index (χ0) is 15.1. The predicted molar refractivity (Wildman–Crippen MR) is 83.9 cm³/mol. The van der Waals surface area contributed by atoms with Crippen molar-refractivity contribution in [2.75, 3.05) is 6.54 Å². The first-order valence-electron chi connectivity index (χ1n) is 7.99. The number of ether oxygens (including phenoxy) is 1. The maximum atomic E-state index is 11.3. The van der Waals surface area contributed by atoms with E-state index in [0.29, 0.717) is 17.8 Å². The van der Waals surface area contributed by atoms with Crippen LogP contribution in [-0.2, 0) is 4.79 Å². The number of rotatable bonds is 5. The van der Waals surface area contributed by atoms with E-state index in [9.17, 15) is 4.79 Å². The van der Waals surface area contributed by atoms with Gasteiger partial charge >= 0.3 is 5.97 Å². The number of unbranched alkanes of at least 4 members (excludes halogenated alkanes) is 1. The van der Waals surface area contributed by atoms with Crippen LogP contribution in [0.1, 0.15) is 52.4 Å². The molecule has 2 aromatic rings. The Balaban J connectivity index is 0.000000194. The van der Waals surface area contributed by atoms with E-state index < -0.39 is 0 Å². The van der Waals surface area contributed by atoms with Gasteiger partial charge in [-0.3, -0.25) is 4.79 Å². The predicted octanol–water partition coefficient (Wildman–Crippen LogP) is 4.11. The van der Waals surface area contributed by atoms with Crippen molar-refractivity contribution in [1.29, 1.82) is 0 Å². The van der Waals surface area contributed by atoms with E-state index in [1.165, 1.54) is 25.8 Å². The summed E-state index contributed by atoms with van der Waals surface area (Å²) in [6, 6.07) is 6.23. The molecule has 1 atom stereocenters. The molecule has 1 aliphatic heterocycles. The molecule has 4 nitrogen and oxygen atoms in total. The fraction of sp³-hybridized carbons (Fsp3) is 0.588. The van der Waals surface area contributed by atoms with Crippen molar-refractivity contribution in [2.24, 2.45) is 0 Å². The zero-order valence-corrected chi connectivity index (χ0v) is 13.0. The molecule has 0 saturated carbocycles. The highest BCUT2D eigenvalue weighted by Gasteiger charge is 2.11. The largest absolute Gasteiger partial charge is 0.453 e. The number of benzene rings is 1. The van der Waals surface area contributed by atoms with Gasteiger partial charge in [-0.1, -0.05) is 20.3 Å². The Morgan fingerprint density at radius 2 is 2.29 bits per heavy atom.